The second kappa shape index (κ2) is 3.96. The molecule has 14 heavy (non-hydrogen) atoms. The van der Waals surface area contributed by atoms with Gasteiger partial charge in [-0.05, 0) is 17.7 Å². The van der Waals surface area contributed by atoms with E-state index in [1.165, 1.54) is 0 Å². The molecular weight excluding hydrogens is 176 g/mol. The minimum Gasteiger partial charge on any atom is -0.392 e. The summed E-state index contributed by atoms with van der Waals surface area (Å²) in [6.07, 6.45) is 0. The zero-order valence-corrected chi connectivity index (χ0v) is 9.26. The van der Waals surface area contributed by atoms with Gasteiger partial charge in [-0.25, -0.2) is 4.98 Å². The standard InChI is InChI=1S/C11H18N2O/c1-11(2,3)9-5-8(7-14)6-10(12-4)13-9/h5-6,14H,7H2,1-4H3,(H,12,13). The maximum atomic E-state index is 9.09. The molecule has 0 amide bonds. The summed E-state index contributed by atoms with van der Waals surface area (Å²) in [5.74, 6) is 0.807. The predicted octanol–water partition coefficient (Wildman–Crippen LogP) is 1.91. The molecular formula is C11H18N2O. The van der Waals surface area contributed by atoms with Gasteiger partial charge in [0.15, 0.2) is 0 Å². The smallest absolute Gasteiger partial charge is 0.126 e. The molecule has 0 aliphatic heterocycles. The van der Waals surface area contributed by atoms with Gasteiger partial charge >= 0.3 is 0 Å². The first-order valence-corrected chi connectivity index (χ1v) is 4.77. The van der Waals surface area contributed by atoms with Crippen molar-refractivity contribution in [3.05, 3.63) is 23.4 Å². The van der Waals surface area contributed by atoms with Crippen LogP contribution < -0.4 is 5.32 Å². The number of rotatable bonds is 2. The summed E-state index contributed by atoms with van der Waals surface area (Å²) < 4.78 is 0. The van der Waals surface area contributed by atoms with E-state index in [9.17, 15) is 0 Å². The molecule has 2 N–H and O–H groups in total. The molecule has 1 rings (SSSR count). The van der Waals surface area contributed by atoms with Gasteiger partial charge in [0, 0.05) is 18.2 Å². The molecule has 1 heterocycles. The van der Waals surface area contributed by atoms with Crippen molar-refractivity contribution in [2.45, 2.75) is 32.8 Å². The van der Waals surface area contributed by atoms with E-state index in [0.717, 1.165) is 17.1 Å². The van der Waals surface area contributed by atoms with Gasteiger partial charge in [-0.1, -0.05) is 20.8 Å². The first-order valence-electron chi connectivity index (χ1n) is 4.77. The second-order valence-corrected chi connectivity index (χ2v) is 4.40. The third-order valence-corrected chi connectivity index (χ3v) is 2.09. The van der Waals surface area contributed by atoms with Gasteiger partial charge in [0.2, 0.25) is 0 Å². The third kappa shape index (κ3) is 2.45. The van der Waals surface area contributed by atoms with Gasteiger partial charge in [0.25, 0.3) is 0 Å². The Hall–Kier alpha value is -1.09. The van der Waals surface area contributed by atoms with Crippen LogP contribution in [0, 0.1) is 0 Å². The van der Waals surface area contributed by atoms with Crippen LogP contribution >= 0.6 is 0 Å². The Morgan fingerprint density at radius 1 is 1.36 bits per heavy atom. The zero-order chi connectivity index (χ0) is 10.8. The lowest BCUT2D eigenvalue weighted by Crippen LogP contribution is -2.15. The van der Waals surface area contributed by atoms with Crippen LogP contribution in [0.5, 0.6) is 0 Å². The van der Waals surface area contributed by atoms with Crippen molar-refractivity contribution in [3.8, 4) is 0 Å². The van der Waals surface area contributed by atoms with Crippen LogP contribution in [0.3, 0.4) is 0 Å². The lowest BCUT2D eigenvalue weighted by atomic mass is 9.91. The lowest BCUT2D eigenvalue weighted by molar-refractivity contribution is 0.281. The Morgan fingerprint density at radius 3 is 2.43 bits per heavy atom. The molecule has 0 fully saturated rings. The van der Waals surface area contributed by atoms with E-state index in [4.69, 9.17) is 5.11 Å². The Balaban J connectivity index is 3.17. The van der Waals surface area contributed by atoms with E-state index >= 15 is 0 Å². The Bertz CT molecular complexity index is 293. The fourth-order valence-corrected chi connectivity index (χ4v) is 1.19. The SMILES string of the molecule is CNc1cc(CO)cc(C(C)(C)C)n1. The number of aliphatic hydroxyl groups excluding tert-OH is 1. The van der Waals surface area contributed by atoms with Crippen LogP contribution in [-0.4, -0.2) is 17.1 Å². The van der Waals surface area contributed by atoms with E-state index in [1.54, 1.807) is 0 Å². The largest absolute Gasteiger partial charge is 0.392 e. The highest BCUT2D eigenvalue weighted by Crippen LogP contribution is 2.23. The summed E-state index contributed by atoms with van der Waals surface area (Å²) >= 11 is 0. The fourth-order valence-electron chi connectivity index (χ4n) is 1.19. The maximum Gasteiger partial charge on any atom is 0.126 e. The molecule has 0 spiro atoms. The van der Waals surface area contributed by atoms with Gasteiger partial charge in [0.1, 0.15) is 5.82 Å². The Labute approximate surface area is 85.2 Å². The van der Waals surface area contributed by atoms with Crippen LogP contribution in [0.1, 0.15) is 32.0 Å². The normalized spacial score (nSPS) is 11.5. The van der Waals surface area contributed by atoms with Crippen molar-refractivity contribution in [3.63, 3.8) is 0 Å². The molecule has 0 aliphatic carbocycles. The maximum absolute atomic E-state index is 9.09. The highest BCUT2D eigenvalue weighted by atomic mass is 16.3. The van der Waals surface area contributed by atoms with E-state index in [2.05, 4.69) is 31.1 Å². The van der Waals surface area contributed by atoms with Crippen LogP contribution in [-0.2, 0) is 12.0 Å². The van der Waals surface area contributed by atoms with Crippen molar-refractivity contribution in [2.24, 2.45) is 0 Å². The van der Waals surface area contributed by atoms with Crippen molar-refractivity contribution in [1.29, 1.82) is 0 Å². The first kappa shape index (κ1) is 11.0. The number of aromatic nitrogens is 1. The molecule has 0 saturated carbocycles. The number of nitrogens with one attached hydrogen (secondary N) is 1. The Morgan fingerprint density at radius 2 is 2.00 bits per heavy atom. The van der Waals surface area contributed by atoms with E-state index in [1.807, 2.05) is 19.2 Å². The minimum absolute atomic E-state index is 0.0107. The topological polar surface area (TPSA) is 45.1 Å². The zero-order valence-electron chi connectivity index (χ0n) is 9.26. The molecule has 0 atom stereocenters. The molecule has 1 aromatic rings. The van der Waals surface area contributed by atoms with Crippen molar-refractivity contribution in [2.75, 3.05) is 12.4 Å². The van der Waals surface area contributed by atoms with E-state index in [0.29, 0.717) is 0 Å². The summed E-state index contributed by atoms with van der Waals surface area (Å²) in [6.45, 7) is 6.38. The first-order chi connectivity index (χ1) is 6.47. The quantitative estimate of drug-likeness (QED) is 0.756. The highest BCUT2D eigenvalue weighted by Gasteiger charge is 2.16. The lowest BCUT2D eigenvalue weighted by Gasteiger charge is -2.19. The Kier molecular flexibility index (Phi) is 3.11. The summed E-state index contributed by atoms with van der Waals surface area (Å²) in [6, 6.07) is 3.80. The predicted molar refractivity (Wildman–Crippen MR) is 58.4 cm³/mol. The minimum atomic E-state index is 0.0107. The average molecular weight is 194 g/mol. The molecule has 0 aromatic carbocycles. The fraction of sp³-hybridized carbons (Fsp3) is 0.545. The van der Waals surface area contributed by atoms with Crippen molar-refractivity contribution in [1.82, 2.24) is 4.98 Å². The summed E-state index contributed by atoms with van der Waals surface area (Å²) in [4.78, 5) is 4.45. The molecule has 0 aliphatic rings. The van der Waals surface area contributed by atoms with Crippen LogP contribution in [0.2, 0.25) is 0 Å². The van der Waals surface area contributed by atoms with E-state index < -0.39 is 0 Å². The van der Waals surface area contributed by atoms with Gasteiger partial charge in [-0.3, -0.25) is 0 Å². The van der Waals surface area contributed by atoms with Crippen LogP contribution in [0.25, 0.3) is 0 Å². The molecule has 0 unspecified atom stereocenters. The molecule has 78 valence electrons. The third-order valence-electron chi connectivity index (χ3n) is 2.09. The van der Waals surface area contributed by atoms with E-state index in [-0.39, 0.29) is 12.0 Å². The summed E-state index contributed by atoms with van der Waals surface area (Å²) in [5.41, 5.74) is 1.90. The van der Waals surface area contributed by atoms with Crippen molar-refractivity contribution < 1.29 is 5.11 Å². The molecule has 0 saturated heterocycles. The number of pyridine rings is 1. The average Bonchev–Trinajstić information content (AvgIpc) is 2.15. The molecule has 0 bridgehead atoms. The number of aliphatic hydroxyl groups is 1. The summed E-state index contributed by atoms with van der Waals surface area (Å²) in [7, 11) is 1.83. The summed E-state index contributed by atoms with van der Waals surface area (Å²) in [5, 5.41) is 12.1. The van der Waals surface area contributed by atoms with Crippen molar-refractivity contribution >= 4 is 5.82 Å². The van der Waals surface area contributed by atoms with Crippen LogP contribution in [0.15, 0.2) is 12.1 Å². The highest BCUT2D eigenvalue weighted by molar-refractivity contribution is 5.40. The molecule has 3 heteroatoms. The molecule has 0 radical (unpaired) electrons. The monoisotopic (exact) mass is 194 g/mol. The van der Waals surface area contributed by atoms with Gasteiger partial charge in [-0.15, -0.1) is 0 Å². The van der Waals surface area contributed by atoms with Gasteiger partial charge in [-0.2, -0.15) is 0 Å². The molecule has 3 nitrogen and oxygen atoms in total. The number of nitrogens with zero attached hydrogens (tertiary/aromatic N) is 1. The molecule has 1 aromatic heterocycles. The number of hydrogen-bond donors (Lipinski definition) is 2. The van der Waals surface area contributed by atoms with Gasteiger partial charge in [0.05, 0.1) is 6.61 Å². The van der Waals surface area contributed by atoms with Gasteiger partial charge < -0.3 is 10.4 Å². The second-order valence-electron chi connectivity index (χ2n) is 4.40. The van der Waals surface area contributed by atoms with Crippen LogP contribution in [0.4, 0.5) is 5.82 Å². The number of hydrogen-bond acceptors (Lipinski definition) is 3. The number of anilines is 1.